The van der Waals surface area contributed by atoms with Gasteiger partial charge in [0.2, 0.25) is 0 Å². The molecule has 2 rings (SSSR count). The van der Waals surface area contributed by atoms with E-state index in [1.54, 1.807) is 0 Å². The lowest BCUT2D eigenvalue weighted by Gasteiger charge is -2.21. The van der Waals surface area contributed by atoms with Gasteiger partial charge in [-0.25, -0.2) is 0 Å². The first-order chi connectivity index (χ1) is 9.22. The first-order valence-electron chi connectivity index (χ1n) is 7.13. The molecule has 1 fully saturated rings. The van der Waals surface area contributed by atoms with Gasteiger partial charge in [0.15, 0.2) is 0 Å². The number of ether oxygens (including phenoxy) is 1. The average Bonchev–Trinajstić information content (AvgIpc) is 2.83. The lowest BCUT2D eigenvalue weighted by atomic mass is 10.0. The van der Waals surface area contributed by atoms with Gasteiger partial charge in [-0.05, 0) is 25.3 Å². The summed E-state index contributed by atoms with van der Waals surface area (Å²) in [5, 5.41) is 12.8. The van der Waals surface area contributed by atoms with Gasteiger partial charge >= 0.3 is 0 Å². The Labute approximate surface area is 115 Å². The lowest BCUT2D eigenvalue weighted by Crippen LogP contribution is -2.26. The van der Waals surface area contributed by atoms with Crippen LogP contribution in [0.3, 0.4) is 0 Å². The molecular formula is C15H24N2O2. The van der Waals surface area contributed by atoms with E-state index in [0.29, 0.717) is 24.3 Å². The minimum atomic E-state index is 0.249. The van der Waals surface area contributed by atoms with Gasteiger partial charge in [0.1, 0.15) is 5.75 Å². The highest BCUT2D eigenvalue weighted by Crippen LogP contribution is 2.30. The van der Waals surface area contributed by atoms with Crippen molar-refractivity contribution < 1.29 is 9.84 Å². The Bertz CT molecular complexity index is 409. The Hall–Kier alpha value is -1.42. The highest BCUT2D eigenvalue weighted by Gasteiger charge is 2.26. The summed E-state index contributed by atoms with van der Waals surface area (Å²) in [4.78, 5) is 0. The summed E-state index contributed by atoms with van der Waals surface area (Å²) in [7, 11) is 0. The van der Waals surface area contributed by atoms with Crippen LogP contribution in [0.25, 0.3) is 0 Å². The molecule has 0 radical (unpaired) electrons. The second-order valence-electron chi connectivity index (χ2n) is 5.26. The molecule has 1 aliphatic rings. The van der Waals surface area contributed by atoms with Crippen molar-refractivity contribution >= 4 is 11.4 Å². The third-order valence-corrected chi connectivity index (χ3v) is 3.65. The number of hydrogen-bond donors (Lipinski definition) is 3. The summed E-state index contributed by atoms with van der Waals surface area (Å²) in [5.41, 5.74) is 7.59. The zero-order valence-electron chi connectivity index (χ0n) is 11.6. The number of benzene rings is 1. The van der Waals surface area contributed by atoms with Crippen LogP contribution in [0, 0.1) is 5.92 Å². The van der Waals surface area contributed by atoms with Gasteiger partial charge in [-0.3, -0.25) is 0 Å². The molecule has 4 N–H and O–H groups in total. The molecule has 1 aliphatic carbocycles. The number of anilines is 2. The molecule has 0 heterocycles. The van der Waals surface area contributed by atoms with Gasteiger partial charge in [0.05, 0.1) is 6.61 Å². The van der Waals surface area contributed by atoms with Crippen molar-refractivity contribution in [2.75, 3.05) is 24.3 Å². The molecule has 0 saturated heterocycles. The number of aliphatic hydroxyl groups excluding tert-OH is 1. The standard InChI is InChI=1S/C15H24N2O2/c1-2-6-19-14-8-12(16)7-13(9-14)17-15-5-3-4-11(15)10-18/h7-9,11,15,17-18H,2-6,10,16H2,1H3. The first-order valence-corrected chi connectivity index (χ1v) is 7.13. The quantitative estimate of drug-likeness (QED) is 0.691. The highest BCUT2D eigenvalue weighted by molar-refractivity contribution is 5.59. The zero-order chi connectivity index (χ0) is 13.7. The van der Waals surface area contributed by atoms with E-state index in [4.69, 9.17) is 10.5 Å². The molecule has 1 saturated carbocycles. The van der Waals surface area contributed by atoms with Crippen molar-refractivity contribution in [3.63, 3.8) is 0 Å². The van der Waals surface area contributed by atoms with Gasteiger partial charge in [0.25, 0.3) is 0 Å². The normalized spacial score (nSPS) is 22.4. The van der Waals surface area contributed by atoms with Crippen LogP contribution in [0.15, 0.2) is 18.2 Å². The summed E-state index contributed by atoms with van der Waals surface area (Å²) < 4.78 is 5.62. The third-order valence-electron chi connectivity index (χ3n) is 3.65. The van der Waals surface area contributed by atoms with Gasteiger partial charge in [-0.15, -0.1) is 0 Å². The molecule has 4 nitrogen and oxygen atoms in total. The molecule has 0 bridgehead atoms. The van der Waals surface area contributed by atoms with E-state index in [1.807, 2.05) is 18.2 Å². The van der Waals surface area contributed by atoms with Crippen molar-refractivity contribution in [3.8, 4) is 5.75 Å². The van der Waals surface area contributed by atoms with Crippen LogP contribution in [-0.4, -0.2) is 24.4 Å². The van der Waals surface area contributed by atoms with Crippen LogP contribution in [0.2, 0.25) is 0 Å². The maximum Gasteiger partial charge on any atom is 0.123 e. The fourth-order valence-electron chi connectivity index (χ4n) is 2.67. The van der Waals surface area contributed by atoms with E-state index < -0.39 is 0 Å². The summed E-state index contributed by atoms with van der Waals surface area (Å²) >= 11 is 0. The Morgan fingerprint density at radius 1 is 1.37 bits per heavy atom. The van der Waals surface area contributed by atoms with E-state index >= 15 is 0 Å². The van der Waals surface area contributed by atoms with Crippen molar-refractivity contribution in [2.24, 2.45) is 5.92 Å². The topological polar surface area (TPSA) is 67.5 Å². The molecule has 1 aromatic carbocycles. The van der Waals surface area contributed by atoms with Gasteiger partial charge in [0, 0.05) is 42.1 Å². The summed E-state index contributed by atoms with van der Waals surface area (Å²) in [6.45, 7) is 3.03. The summed E-state index contributed by atoms with van der Waals surface area (Å²) in [6.07, 6.45) is 4.35. The number of nitrogen functional groups attached to an aromatic ring is 1. The molecule has 4 heteroatoms. The van der Waals surface area contributed by atoms with E-state index in [9.17, 15) is 5.11 Å². The fourth-order valence-corrected chi connectivity index (χ4v) is 2.67. The number of nitrogens with two attached hydrogens (primary N) is 1. The van der Waals surface area contributed by atoms with Crippen LogP contribution in [-0.2, 0) is 0 Å². The second kappa shape index (κ2) is 6.66. The van der Waals surface area contributed by atoms with Crippen LogP contribution >= 0.6 is 0 Å². The molecule has 0 aromatic heterocycles. The Kier molecular flexibility index (Phi) is 4.91. The van der Waals surface area contributed by atoms with Gasteiger partial charge in [-0.1, -0.05) is 13.3 Å². The number of rotatable bonds is 6. The number of hydrogen-bond acceptors (Lipinski definition) is 4. The Balaban J connectivity index is 2.04. The fraction of sp³-hybridized carbons (Fsp3) is 0.600. The molecule has 1 aromatic rings. The molecule has 2 atom stereocenters. The van der Waals surface area contributed by atoms with Crippen LogP contribution in [0.5, 0.6) is 5.75 Å². The van der Waals surface area contributed by atoms with E-state index in [-0.39, 0.29) is 6.61 Å². The van der Waals surface area contributed by atoms with E-state index in [2.05, 4.69) is 12.2 Å². The number of aliphatic hydroxyl groups is 1. The Morgan fingerprint density at radius 2 is 2.21 bits per heavy atom. The molecule has 0 aliphatic heterocycles. The predicted octanol–water partition coefficient (Wildman–Crippen LogP) is 2.63. The van der Waals surface area contributed by atoms with Crippen LogP contribution < -0.4 is 15.8 Å². The first kappa shape index (κ1) is 14.0. The smallest absolute Gasteiger partial charge is 0.123 e. The van der Waals surface area contributed by atoms with Crippen LogP contribution in [0.4, 0.5) is 11.4 Å². The van der Waals surface area contributed by atoms with Crippen molar-refractivity contribution in [1.29, 1.82) is 0 Å². The third kappa shape index (κ3) is 3.77. The van der Waals surface area contributed by atoms with Crippen molar-refractivity contribution in [2.45, 2.75) is 38.6 Å². The molecule has 19 heavy (non-hydrogen) atoms. The summed E-state index contributed by atoms with van der Waals surface area (Å²) in [6, 6.07) is 6.09. The molecule has 106 valence electrons. The average molecular weight is 264 g/mol. The van der Waals surface area contributed by atoms with E-state index in [1.165, 1.54) is 6.42 Å². The van der Waals surface area contributed by atoms with Gasteiger partial charge < -0.3 is 20.9 Å². The Morgan fingerprint density at radius 3 is 2.95 bits per heavy atom. The largest absolute Gasteiger partial charge is 0.493 e. The highest BCUT2D eigenvalue weighted by atomic mass is 16.5. The van der Waals surface area contributed by atoms with E-state index in [0.717, 1.165) is 30.7 Å². The maximum absolute atomic E-state index is 9.35. The molecular weight excluding hydrogens is 240 g/mol. The second-order valence-corrected chi connectivity index (χ2v) is 5.26. The minimum Gasteiger partial charge on any atom is -0.493 e. The monoisotopic (exact) mass is 264 g/mol. The minimum absolute atomic E-state index is 0.249. The molecule has 0 spiro atoms. The van der Waals surface area contributed by atoms with Gasteiger partial charge in [-0.2, -0.15) is 0 Å². The predicted molar refractivity (Wildman–Crippen MR) is 78.5 cm³/mol. The van der Waals surface area contributed by atoms with Crippen molar-refractivity contribution in [3.05, 3.63) is 18.2 Å². The lowest BCUT2D eigenvalue weighted by molar-refractivity contribution is 0.222. The van der Waals surface area contributed by atoms with Crippen LogP contribution in [0.1, 0.15) is 32.6 Å². The number of nitrogens with one attached hydrogen (secondary N) is 1. The zero-order valence-corrected chi connectivity index (χ0v) is 11.6. The summed E-state index contributed by atoms with van der Waals surface area (Å²) in [5.74, 6) is 1.16. The maximum atomic E-state index is 9.35. The van der Waals surface area contributed by atoms with Crippen molar-refractivity contribution in [1.82, 2.24) is 0 Å². The SMILES string of the molecule is CCCOc1cc(N)cc(NC2CCCC2CO)c1. The molecule has 2 unspecified atom stereocenters. The molecule has 0 amide bonds.